The average molecular weight is 589 g/mol. The van der Waals surface area contributed by atoms with Gasteiger partial charge in [-0.15, -0.1) is 6.42 Å². The Balaban J connectivity index is 0.000000406. The van der Waals surface area contributed by atoms with E-state index in [4.69, 9.17) is 11.2 Å². The average Bonchev–Trinajstić information content (AvgIpc) is 3.34. The van der Waals surface area contributed by atoms with Crippen LogP contribution in [0.25, 0.3) is 32.9 Å². The molecule has 4 aromatic rings. The number of phenolic OH excluding ortho intramolecular Hbond substituents is 1. The number of pyridine rings is 1. The van der Waals surface area contributed by atoms with Gasteiger partial charge in [0.15, 0.2) is 5.82 Å². The number of nitrogens with one attached hydrogen (secondary N) is 1. The third-order valence-electron chi connectivity index (χ3n) is 8.04. The quantitative estimate of drug-likeness (QED) is 0.310. The molecule has 8 nitrogen and oxygen atoms in total. The molecular weight excluding hydrogens is 550 g/mol. The van der Waals surface area contributed by atoms with E-state index in [1.807, 2.05) is 13.8 Å². The summed E-state index contributed by atoms with van der Waals surface area (Å²) >= 11 is 0. The Morgan fingerprint density at radius 1 is 1.07 bits per heavy atom. The number of halogens is 2. The van der Waals surface area contributed by atoms with Crippen molar-refractivity contribution in [1.29, 1.82) is 0 Å². The number of aromatic hydroxyl groups is 1. The Morgan fingerprint density at radius 3 is 2.35 bits per heavy atom. The summed E-state index contributed by atoms with van der Waals surface area (Å²) < 4.78 is 35.9. The predicted octanol–water partition coefficient (Wildman–Crippen LogP) is 5.35. The fourth-order valence-electron chi connectivity index (χ4n) is 6.28. The first-order chi connectivity index (χ1) is 20.7. The van der Waals surface area contributed by atoms with Crippen LogP contribution in [0.3, 0.4) is 0 Å². The molecule has 2 N–H and O–H groups in total. The van der Waals surface area contributed by atoms with Crippen LogP contribution in [0, 0.1) is 29.9 Å². The molecule has 10 heteroatoms. The van der Waals surface area contributed by atoms with Crippen LogP contribution in [-0.2, 0) is 0 Å². The van der Waals surface area contributed by atoms with Crippen molar-refractivity contribution in [3.63, 3.8) is 0 Å². The van der Waals surface area contributed by atoms with E-state index >= 15 is 4.39 Å². The van der Waals surface area contributed by atoms with Crippen molar-refractivity contribution in [3.05, 3.63) is 47.7 Å². The molecule has 5 heterocycles. The van der Waals surface area contributed by atoms with Crippen LogP contribution in [-0.4, -0.2) is 77.4 Å². The Kier molecular flexibility index (Phi) is 8.95. The summed E-state index contributed by atoms with van der Waals surface area (Å²) in [4.78, 5) is 17.6. The molecule has 0 spiro atoms. The highest BCUT2D eigenvalue weighted by molar-refractivity contribution is 6.03. The van der Waals surface area contributed by atoms with E-state index < -0.39 is 11.6 Å². The normalized spacial score (nSPS) is 19.6. The van der Waals surface area contributed by atoms with E-state index in [1.54, 1.807) is 0 Å². The van der Waals surface area contributed by atoms with Crippen LogP contribution in [0.5, 0.6) is 11.8 Å². The fourth-order valence-corrected chi connectivity index (χ4v) is 6.28. The third kappa shape index (κ3) is 5.92. The van der Waals surface area contributed by atoms with E-state index in [0.29, 0.717) is 28.7 Å². The number of hydrogen-bond donors (Lipinski definition) is 2. The summed E-state index contributed by atoms with van der Waals surface area (Å²) in [5.74, 6) is 2.39. The van der Waals surface area contributed by atoms with E-state index in [0.717, 1.165) is 31.8 Å². The molecule has 43 heavy (non-hydrogen) atoms. The molecule has 3 aliphatic rings. The largest absolute Gasteiger partial charge is 0.508 e. The second kappa shape index (κ2) is 12.7. The summed E-state index contributed by atoms with van der Waals surface area (Å²) in [5, 5.41) is 15.1. The summed E-state index contributed by atoms with van der Waals surface area (Å²) in [7, 11) is 3.58. The number of ether oxygens (including phenoxy) is 1. The van der Waals surface area contributed by atoms with Crippen molar-refractivity contribution in [2.45, 2.75) is 45.7 Å². The van der Waals surface area contributed by atoms with Gasteiger partial charge in [0.25, 0.3) is 0 Å². The molecule has 3 fully saturated rings. The maximum atomic E-state index is 16.1. The highest BCUT2D eigenvalue weighted by atomic mass is 19.1. The SMILES string of the molecule is C#Cc1c(F)ccc2cc(O)cc(-c3ncc4c(N5CC6CCC(C5)N6)nc(OC)nc4c3F)c12.CC.CC1CN(C)C1. The van der Waals surface area contributed by atoms with Gasteiger partial charge in [0.05, 0.1) is 18.1 Å². The molecule has 2 bridgehead atoms. The second-order valence-corrected chi connectivity index (χ2v) is 11.2. The summed E-state index contributed by atoms with van der Waals surface area (Å²) in [6.07, 6.45) is 9.26. The number of rotatable bonds is 3. The van der Waals surface area contributed by atoms with Crippen molar-refractivity contribution in [1.82, 2.24) is 25.2 Å². The predicted molar refractivity (Wildman–Crippen MR) is 167 cm³/mol. The first-order valence-corrected chi connectivity index (χ1v) is 14.8. The van der Waals surface area contributed by atoms with Crippen molar-refractivity contribution in [2.75, 3.05) is 45.2 Å². The van der Waals surface area contributed by atoms with Crippen LogP contribution in [0.4, 0.5) is 14.6 Å². The highest BCUT2D eigenvalue weighted by Crippen LogP contribution is 2.39. The Bertz CT molecular complexity index is 1670. The maximum Gasteiger partial charge on any atom is 0.318 e. The number of benzene rings is 2. The molecule has 0 aliphatic carbocycles. The molecule has 7 rings (SSSR count). The first kappa shape index (κ1) is 30.4. The van der Waals surface area contributed by atoms with Crippen LogP contribution in [0.2, 0.25) is 0 Å². The zero-order valence-corrected chi connectivity index (χ0v) is 25.3. The van der Waals surface area contributed by atoms with Crippen molar-refractivity contribution >= 4 is 27.5 Å². The van der Waals surface area contributed by atoms with Gasteiger partial charge in [-0.3, -0.25) is 4.98 Å². The van der Waals surface area contributed by atoms with Crippen LogP contribution in [0.15, 0.2) is 30.5 Å². The van der Waals surface area contributed by atoms with Crippen LogP contribution >= 0.6 is 0 Å². The maximum absolute atomic E-state index is 16.1. The summed E-state index contributed by atoms with van der Waals surface area (Å²) in [5.41, 5.74) is 0.0627. The lowest BCUT2D eigenvalue weighted by atomic mass is 9.96. The number of likely N-dealkylation sites (tertiary alicyclic amines) is 1. The van der Waals surface area contributed by atoms with Crippen LogP contribution < -0.4 is 15.0 Å². The number of anilines is 1. The fraction of sp³-hybridized carbons (Fsp3) is 0.424. The second-order valence-electron chi connectivity index (χ2n) is 11.2. The monoisotopic (exact) mass is 588 g/mol. The highest BCUT2D eigenvalue weighted by Gasteiger charge is 2.34. The lowest BCUT2D eigenvalue weighted by molar-refractivity contribution is 0.149. The minimum Gasteiger partial charge on any atom is -0.508 e. The van der Waals surface area contributed by atoms with Gasteiger partial charge in [0.2, 0.25) is 0 Å². The van der Waals surface area contributed by atoms with Gasteiger partial charge in [-0.25, -0.2) is 8.78 Å². The number of terminal acetylenes is 1. The minimum absolute atomic E-state index is 0.0258. The number of piperazine rings is 1. The third-order valence-corrected chi connectivity index (χ3v) is 8.04. The topological polar surface area (TPSA) is 86.6 Å². The minimum atomic E-state index is -0.735. The molecule has 2 atom stereocenters. The molecule has 226 valence electrons. The van der Waals surface area contributed by atoms with E-state index in [1.165, 1.54) is 50.7 Å². The van der Waals surface area contributed by atoms with Gasteiger partial charge in [-0.05, 0) is 49.4 Å². The first-order valence-electron chi connectivity index (χ1n) is 14.8. The van der Waals surface area contributed by atoms with Gasteiger partial charge >= 0.3 is 6.01 Å². The smallest absolute Gasteiger partial charge is 0.318 e. The molecule has 2 aromatic carbocycles. The van der Waals surface area contributed by atoms with Gasteiger partial charge in [0.1, 0.15) is 28.6 Å². The van der Waals surface area contributed by atoms with Gasteiger partial charge in [-0.2, -0.15) is 9.97 Å². The Labute approximate surface area is 251 Å². The van der Waals surface area contributed by atoms with E-state index in [2.05, 4.69) is 50.0 Å². The number of phenols is 1. The molecule has 2 aromatic heterocycles. The van der Waals surface area contributed by atoms with Crippen molar-refractivity contribution in [2.24, 2.45) is 5.92 Å². The van der Waals surface area contributed by atoms with Crippen molar-refractivity contribution in [3.8, 4) is 35.4 Å². The van der Waals surface area contributed by atoms with Gasteiger partial charge < -0.3 is 25.0 Å². The molecule has 3 saturated heterocycles. The van der Waals surface area contributed by atoms with E-state index in [-0.39, 0.29) is 39.5 Å². The molecule has 3 aliphatic heterocycles. The Morgan fingerprint density at radius 2 is 1.77 bits per heavy atom. The number of nitrogens with zero attached hydrogens (tertiary/aromatic N) is 5. The molecule has 0 saturated carbocycles. The van der Waals surface area contributed by atoms with Crippen molar-refractivity contribution < 1.29 is 18.6 Å². The summed E-state index contributed by atoms with van der Waals surface area (Å²) in [6, 6.07) is 6.19. The van der Waals surface area contributed by atoms with E-state index in [9.17, 15) is 9.50 Å². The van der Waals surface area contributed by atoms with Gasteiger partial charge in [0, 0.05) is 55.4 Å². The number of methoxy groups -OCH3 is 1. The molecule has 0 amide bonds. The zero-order valence-electron chi connectivity index (χ0n) is 25.3. The lowest BCUT2D eigenvalue weighted by Crippen LogP contribution is -2.51. The Hall–Kier alpha value is -4.07. The number of fused-ring (bicyclic) bond motifs is 4. The van der Waals surface area contributed by atoms with Crippen LogP contribution in [0.1, 0.15) is 39.2 Å². The zero-order chi connectivity index (χ0) is 30.8. The molecular formula is C33H38F2N6O2. The molecule has 2 unspecified atom stereocenters. The molecule has 0 radical (unpaired) electrons. The summed E-state index contributed by atoms with van der Waals surface area (Å²) in [6.45, 7) is 10.4. The van der Waals surface area contributed by atoms with Gasteiger partial charge in [-0.1, -0.05) is 32.8 Å². The standard InChI is InChI=1S/C26H21F2N5O2.C5H11N.C2H6/c1-3-17-20(27)7-4-13-8-16(34)9-18(21(13)17)23-22(28)24-19(10-29-23)25(32-26(31-24)35-2)33-11-14-5-6-15(12-33)30-14;1-5-3-6(2)4-5;1-2/h1,4,7-10,14-15,30,34H,5-6,11-12H2,2H3;5H,3-4H2,1-2H3;1-2H3. The number of hydrogen-bond acceptors (Lipinski definition) is 8. The lowest BCUT2D eigenvalue weighted by Gasteiger charge is -2.34. The number of aromatic nitrogens is 3.